The molecule has 31 heavy (non-hydrogen) atoms. The Hall–Kier alpha value is -3.68. The smallest absolute Gasteiger partial charge is 0.311 e. The molecular formula is C23H25N3O5. The van der Waals surface area contributed by atoms with Gasteiger partial charge in [-0.2, -0.15) is 0 Å². The Kier molecular flexibility index (Phi) is 7.02. The largest absolute Gasteiger partial charge is 0.455 e. The van der Waals surface area contributed by atoms with Crippen molar-refractivity contribution in [3.05, 3.63) is 71.3 Å². The van der Waals surface area contributed by atoms with Crippen LogP contribution < -0.4 is 10.7 Å². The highest BCUT2D eigenvalue weighted by Crippen LogP contribution is 2.18. The lowest BCUT2D eigenvalue weighted by Gasteiger charge is -2.18. The van der Waals surface area contributed by atoms with Crippen molar-refractivity contribution in [2.45, 2.75) is 26.3 Å². The van der Waals surface area contributed by atoms with Gasteiger partial charge in [0.05, 0.1) is 18.5 Å². The molecule has 8 heteroatoms. The van der Waals surface area contributed by atoms with Crippen molar-refractivity contribution in [3.8, 4) is 0 Å². The maximum absolute atomic E-state index is 12.3. The second-order valence-electron chi connectivity index (χ2n) is 7.52. The fourth-order valence-electron chi connectivity index (χ4n) is 3.23. The number of amides is 3. The van der Waals surface area contributed by atoms with Crippen LogP contribution >= 0.6 is 0 Å². The molecule has 0 spiro atoms. The molecule has 0 unspecified atom stereocenters. The number of nitrogens with zero attached hydrogens (tertiary/aromatic N) is 1. The van der Waals surface area contributed by atoms with Crippen LogP contribution in [0.3, 0.4) is 0 Å². The Labute approximate surface area is 180 Å². The van der Waals surface area contributed by atoms with Gasteiger partial charge in [0.1, 0.15) is 0 Å². The number of carbonyl (C=O) groups excluding carboxylic acids is 4. The molecule has 2 aromatic carbocycles. The third-order valence-electron chi connectivity index (χ3n) is 5.03. The van der Waals surface area contributed by atoms with Crippen LogP contribution in [0.5, 0.6) is 0 Å². The molecule has 0 aromatic heterocycles. The zero-order chi connectivity index (χ0) is 22.4. The first-order valence-electron chi connectivity index (χ1n) is 10.0. The van der Waals surface area contributed by atoms with E-state index < -0.39 is 30.3 Å². The zero-order valence-corrected chi connectivity index (χ0v) is 17.5. The van der Waals surface area contributed by atoms with Crippen LogP contribution in [0.1, 0.15) is 40.9 Å². The first kappa shape index (κ1) is 22.0. The van der Waals surface area contributed by atoms with Gasteiger partial charge in [-0.3, -0.25) is 29.6 Å². The molecular weight excluding hydrogens is 398 g/mol. The average molecular weight is 423 g/mol. The number of benzene rings is 2. The number of rotatable bonds is 7. The van der Waals surface area contributed by atoms with Gasteiger partial charge in [-0.1, -0.05) is 48.0 Å². The number of hydrazine groups is 1. The standard InChI is InChI=1S/C23H25N3O5/c1-15-8-10-18(11-9-15)22(29)25-26-13-19(12-21(26)28)23(30)31-14-20(27)24-16(2)17-6-4-3-5-7-17/h3-11,16,19H,12-14H2,1-2H3,(H,24,27)(H,25,29)/t16-,19-/m1/s1. The summed E-state index contributed by atoms with van der Waals surface area (Å²) < 4.78 is 5.08. The summed E-state index contributed by atoms with van der Waals surface area (Å²) in [6, 6.07) is 16.1. The molecule has 1 aliphatic heterocycles. The summed E-state index contributed by atoms with van der Waals surface area (Å²) in [5.41, 5.74) is 4.87. The van der Waals surface area contributed by atoms with Crippen molar-refractivity contribution >= 4 is 23.7 Å². The van der Waals surface area contributed by atoms with Crippen LogP contribution in [-0.2, 0) is 19.1 Å². The summed E-state index contributed by atoms with van der Waals surface area (Å²) >= 11 is 0. The van der Waals surface area contributed by atoms with Gasteiger partial charge in [-0.15, -0.1) is 0 Å². The molecule has 2 aromatic rings. The highest BCUT2D eigenvalue weighted by atomic mass is 16.5. The Balaban J connectivity index is 1.45. The number of carbonyl (C=O) groups is 4. The average Bonchev–Trinajstić information content (AvgIpc) is 3.13. The molecule has 0 bridgehead atoms. The second kappa shape index (κ2) is 9.88. The monoisotopic (exact) mass is 423 g/mol. The number of nitrogens with one attached hydrogen (secondary N) is 2. The maximum atomic E-state index is 12.3. The molecule has 3 amide bonds. The van der Waals surface area contributed by atoms with E-state index in [1.54, 1.807) is 24.3 Å². The van der Waals surface area contributed by atoms with Gasteiger partial charge in [0.15, 0.2) is 6.61 Å². The van der Waals surface area contributed by atoms with E-state index in [0.29, 0.717) is 5.56 Å². The first-order chi connectivity index (χ1) is 14.8. The quantitative estimate of drug-likeness (QED) is 0.662. The van der Waals surface area contributed by atoms with Crippen LogP contribution in [-0.4, -0.2) is 41.9 Å². The summed E-state index contributed by atoms with van der Waals surface area (Å²) in [6.45, 7) is 3.30. The van der Waals surface area contributed by atoms with Gasteiger partial charge >= 0.3 is 5.97 Å². The molecule has 0 aliphatic carbocycles. The molecule has 8 nitrogen and oxygen atoms in total. The third kappa shape index (κ3) is 5.91. The fourth-order valence-corrected chi connectivity index (χ4v) is 3.23. The Bertz CT molecular complexity index is 959. The molecule has 1 heterocycles. The molecule has 0 radical (unpaired) electrons. The van der Waals surface area contributed by atoms with Crippen LogP contribution in [0, 0.1) is 12.8 Å². The van der Waals surface area contributed by atoms with Gasteiger partial charge in [0.25, 0.3) is 11.8 Å². The van der Waals surface area contributed by atoms with Gasteiger partial charge in [0.2, 0.25) is 5.91 Å². The summed E-state index contributed by atoms with van der Waals surface area (Å²) in [5, 5.41) is 3.87. The molecule has 3 rings (SSSR count). The van der Waals surface area contributed by atoms with E-state index in [4.69, 9.17) is 4.74 Å². The first-order valence-corrected chi connectivity index (χ1v) is 10.0. The molecule has 162 valence electrons. The Morgan fingerprint density at radius 1 is 1.10 bits per heavy atom. The summed E-state index contributed by atoms with van der Waals surface area (Å²) in [6.07, 6.45) is -0.0882. The van der Waals surface area contributed by atoms with Crippen LogP contribution in [0.15, 0.2) is 54.6 Å². The van der Waals surface area contributed by atoms with Crippen LogP contribution in [0.2, 0.25) is 0 Å². The third-order valence-corrected chi connectivity index (χ3v) is 5.03. The Morgan fingerprint density at radius 3 is 2.45 bits per heavy atom. The van der Waals surface area contributed by atoms with Gasteiger partial charge in [-0.05, 0) is 31.5 Å². The van der Waals surface area contributed by atoms with Crippen molar-refractivity contribution in [3.63, 3.8) is 0 Å². The maximum Gasteiger partial charge on any atom is 0.311 e. The van der Waals surface area contributed by atoms with E-state index in [9.17, 15) is 19.2 Å². The lowest BCUT2D eigenvalue weighted by Crippen LogP contribution is -2.43. The van der Waals surface area contributed by atoms with E-state index in [2.05, 4.69) is 10.7 Å². The summed E-state index contributed by atoms with van der Waals surface area (Å²) in [4.78, 5) is 48.8. The summed E-state index contributed by atoms with van der Waals surface area (Å²) in [7, 11) is 0. The minimum absolute atomic E-state index is 0.00267. The summed E-state index contributed by atoms with van der Waals surface area (Å²) in [5.74, 6) is -2.65. The van der Waals surface area contributed by atoms with Crippen LogP contribution in [0.25, 0.3) is 0 Å². The second-order valence-corrected chi connectivity index (χ2v) is 7.52. The van der Waals surface area contributed by atoms with Crippen molar-refractivity contribution in [1.29, 1.82) is 0 Å². The Morgan fingerprint density at radius 2 is 1.77 bits per heavy atom. The molecule has 1 saturated heterocycles. The molecule has 2 atom stereocenters. The fraction of sp³-hybridized carbons (Fsp3) is 0.304. The van der Waals surface area contributed by atoms with Crippen molar-refractivity contribution < 1.29 is 23.9 Å². The lowest BCUT2D eigenvalue weighted by molar-refractivity contribution is -0.152. The van der Waals surface area contributed by atoms with E-state index in [0.717, 1.165) is 16.1 Å². The number of hydrogen-bond donors (Lipinski definition) is 2. The predicted molar refractivity (Wildman–Crippen MR) is 112 cm³/mol. The van der Waals surface area contributed by atoms with Crippen LogP contribution in [0.4, 0.5) is 0 Å². The molecule has 2 N–H and O–H groups in total. The normalized spacial score (nSPS) is 16.5. The molecule has 0 saturated carbocycles. The van der Waals surface area contributed by atoms with E-state index in [1.165, 1.54) is 0 Å². The number of aryl methyl sites for hydroxylation is 1. The zero-order valence-electron chi connectivity index (χ0n) is 17.5. The van der Waals surface area contributed by atoms with E-state index in [-0.39, 0.29) is 24.9 Å². The van der Waals surface area contributed by atoms with Gasteiger partial charge in [-0.25, -0.2) is 0 Å². The van der Waals surface area contributed by atoms with Crippen molar-refractivity contribution in [1.82, 2.24) is 15.8 Å². The number of esters is 1. The van der Waals surface area contributed by atoms with Crippen molar-refractivity contribution in [2.75, 3.05) is 13.2 Å². The minimum Gasteiger partial charge on any atom is -0.455 e. The highest BCUT2D eigenvalue weighted by Gasteiger charge is 2.36. The predicted octanol–water partition coefficient (Wildman–Crippen LogP) is 1.91. The minimum atomic E-state index is -0.745. The van der Waals surface area contributed by atoms with E-state index in [1.807, 2.05) is 44.2 Å². The van der Waals surface area contributed by atoms with Gasteiger partial charge in [0, 0.05) is 12.0 Å². The van der Waals surface area contributed by atoms with Crippen molar-refractivity contribution in [2.24, 2.45) is 5.92 Å². The number of ether oxygens (including phenoxy) is 1. The topological polar surface area (TPSA) is 105 Å². The lowest BCUT2D eigenvalue weighted by atomic mass is 10.1. The highest BCUT2D eigenvalue weighted by molar-refractivity contribution is 5.96. The van der Waals surface area contributed by atoms with Gasteiger partial charge < -0.3 is 10.1 Å². The molecule has 1 aliphatic rings. The van der Waals surface area contributed by atoms with E-state index >= 15 is 0 Å². The molecule has 1 fully saturated rings. The number of hydrogen-bond acceptors (Lipinski definition) is 5. The SMILES string of the molecule is Cc1ccc(C(=O)NN2C[C@H](C(=O)OCC(=O)N[C@H](C)c3ccccc3)CC2=O)cc1.